The van der Waals surface area contributed by atoms with Crippen LogP contribution in [0.2, 0.25) is 0 Å². The van der Waals surface area contributed by atoms with Gasteiger partial charge in [0.15, 0.2) is 0 Å². The minimum absolute atomic E-state index is 0.760. The molecule has 0 aromatic carbocycles. The fourth-order valence-electron chi connectivity index (χ4n) is 1.72. The van der Waals surface area contributed by atoms with Gasteiger partial charge in [-0.15, -0.1) is 0 Å². The molecule has 0 unspecified atom stereocenters. The van der Waals surface area contributed by atoms with Crippen molar-refractivity contribution in [3.8, 4) is 0 Å². The van der Waals surface area contributed by atoms with Gasteiger partial charge >= 0.3 is 0 Å². The van der Waals surface area contributed by atoms with E-state index in [1.807, 2.05) is 0 Å². The van der Waals surface area contributed by atoms with Crippen LogP contribution in [0.25, 0.3) is 0 Å². The van der Waals surface area contributed by atoms with Gasteiger partial charge in [0, 0.05) is 33.4 Å². The first kappa shape index (κ1) is 13.9. The van der Waals surface area contributed by atoms with E-state index < -0.39 is 0 Å². The van der Waals surface area contributed by atoms with Gasteiger partial charge in [-0.3, -0.25) is 0 Å². The number of nitrogens with zero attached hydrogens (tertiary/aromatic N) is 1. The van der Waals surface area contributed by atoms with E-state index >= 15 is 0 Å². The number of methoxy groups -OCH3 is 1. The summed E-state index contributed by atoms with van der Waals surface area (Å²) < 4.78 is 5.08. The maximum absolute atomic E-state index is 5.08. The Bertz CT molecular complexity index is 113. The van der Waals surface area contributed by atoms with Crippen molar-refractivity contribution in [1.29, 1.82) is 0 Å². The second-order valence-electron chi connectivity index (χ2n) is 4.89. The molecule has 0 saturated heterocycles. The van der Waals surface area contributed by atoms with Crippen molar-refractivity contribution in [2.75, 3.05) is 33.4 Å². The molecule has 0 spiro atoms. The Morgan fingerprint density at radius 3 is 1.86 bits per heavy atom. The van der Waals surface area contributed by atoms with E-state index in [2.05, 4.69) is 32.6 Å². The van der Waals surface area contributed by atoms with Crippen molar-refractivity contribution >= 4 is 0 Å². The van der Waals surface area contributed by atoms with E-state index in [4.69, 9.17) is 4.74 Å². The highest BCUT2D eigenvalue weighted by atomic mass is 16.5. The number of ether oxygens (including phenoxy) is 1. The summed E-state index contributed by atoms with van der Waals surface area (Å²) in [6.45, 7) is 13.6. The number of hydrogen-bond acceptors (Lipinski definition) is 2. The number of hydrogen-bond donors (Lipinski definition) is 0. The van der Waals surface area contributed by atoms with E-state index in [1.165, 1.54) is 19.6 Å². The Morgan fingerprint density at radius 2 is 1.50 bits per heavy atom. The van der Waals surface area contributed by atoms with E-state index in [-0.39, 0.29) is 0 Å². The highest BCUT2D eigenvalue weighted by Gasteiger charge is 2.08. The smallest absolute Gasteiger partial charge is 0.0474 e. The summed E-state index contributed by atoms with van der Waals surface area (Å²) in [6, 6.07) is 0. The van der Waals surface area contributed by atoms with E-state index in [9.17, 15) is 0 Å². The van der Waals surface area contributed by atoms with Crippen LogP contribution in [0.1, 0.15) is 34.1 Å². The molecule has 0 aromatic rings. The van der Waals surface area contributed by atoms with Gasteiger partial charge in [0.1, 0.15) is 0 Å². The average molecular weight is 201 g/mol. The van der Waals surface area contributed by atoms with Gasteiger partial charge in [-0.25, -0.2) is 0 Å². The second kappa shape index (κ2) is 8.25. The molecule has 0 amide bonds. The lowest BCUT2D eigenvalue weighted by Gasteiger charge is -2.25. The summed E-state index contributed by atoms with van der Waals surface area (Å²) in [7, 11) is 1.77. The van der Waals surface area contributed by atoms with Gasteiger partial charge < -0.3 is 9.64 Å². The Morgan fingerprint density at radius 1 is 1.00 bits per heavy atom. The van der Waals surface area contributed by atoms with Crippen molar-refractivity contribution in [1.82, 2.24) is 4.90 Å². The zero-order chi connectivity index (χ0) is 11.0. The molecule has 0 aliphatic carbocycles. The van der Waals surface area contributed by atoms with Gasteiger partial charge in [-0.2, -0.15) is 0 Å². The second-order valence-corrected chi connectivity index (χ2v) is 4.89. The molecule has 0 rings (SSSR count). The van der Waals surface area contributed by atoms with Gasteiger partial charge in [0.2, 0.25) is 0 Å². The Balaban J connectivity index is 3.72. The molecule has 0 heterocycles. The maximum Gasteiger partial charge on any atom is 0.0474 e. The van der Waals surface area contributed by atoms with Gasteiger partial charge in [0.25, 0.3) is 0 Å². The lowest BCUT2D eigenvalue weighted by Crippen LogP contribution is -2.32. The molecule has 0 bridgehead atoms. The van der Waals surface area contributed by atoms with E-state index in [1.54, 1.807) is 7.11 Å². The summed E-state index contributed by atoms with van der Waals surface area (Å²) in [5.41, 5.74) is 0. The van der Waals surface area contributed by atoms with Crippen LogP contribution in [0.5, 0.6) is 0 Å². The first-order chi connectivity index (χ1) is 6.56. The molecular weight excluding hydrogens is 174 g/mol. The largest absolute Gasteiger partial charge is 0.385 e. The van der Waals surface area contributed by atoms with Crippen LogP contribution < -0.4 is 0 Å². The van der Waals surface area contributed by atoms with Crippen LogP contribution in [-0.4, -0.2) is 38.3 Å². The van der Waals surface area contributed by atoms with Crippen molar-refractivity contribution in [2.45, 2.75) is 34.1 Å². The molecule has 86 valence electrons. The zero-order valence-electron chi connectivity index (χ0n) is 10.5. The first-order valence-corrected chi connectivity index (χ1v) is 5.77. The molecule has 0 aromatic heterocycles. The third-order valence-electron chi connectivity index (χ3n) is 2.07. The van der Waals surface area contributed by atoms with Crippen LogP contribution in [0.15, 0.2) is 0 Å². The molecular formula is C12H27NO. The van der Waals surface area contributed by atoms with Crippen molar-refractivity contribution in [3.05, 3.63) is 0 Å². The van der Waals surface area contributed by atoms with Gasteiger partial charge in [-0.1, -0.05) is 27.7 Å². The van der Waals surface area contributed by atoms with Gasteiger partial charge in [-0.05, 0) is 18.3 Å². The Kier molecular flexibility index (Phi) is 8.20. The third kappa shape index (κ3) is 8.52. The molecule has 0 fully saturated rings. The quantitative estimate of drug-likeness (QED) is 0.560. The predicted molar refractivity (Wildman–Crippen MR) is 62.6 cm³/mol. The summed E-state index contributed by atoms with van der Waals surface area (Å²) in [5, 5.41) is 0. The fourth-order valence-corrected chi connectivity index (χ4v) is 1.72. The highest BCUT2D eigenvalue weighted by Crippen LogP contribution is 2.04. The topological polar surface area (TPSA) is 12.5 Å². The Labute approximate surface area is 89.6 Å². The highest BCUT2D eigenvalue weighted by molar-refractivity contribution is 4.62. The summed E-state index contributed by atoms with van der Waals surface area (Å²) in [6.07, 6.45) is 1.15. The van der Waals surface area contributed by atoms with Gasteiger partial charge in [0.05, 0.1) is 0 Å². The SMILES string of the molecule is COCCCN(CC(C)C)CC(C)C. The number of rotatable bonds is 8. The molecule has 0 radical (unpaired) electrons. The minimum Gasteiger partial charge on any atom is -0.385 e. The van der Waals surface area contributed by atoms with Crippen molar-refractivity contribution in [2.24, 2.45) is 11.8 Å². The fraction of sp³-hybridized carbons (Fsp3) is 1.00. The zero-order valence-corrected chi connectivity index (χ0v) is 10.5. The maximum atomic E-state index is 5.08. The van der Waals surface area contributed by atoms with Crippen molar-refractivity contribution in [3.63, 3.8) is 0 Å². The first-order valence-electron chi connectivity index (χ1n) is 5.77. The molecule has 0 aliphatic heterocycles. The molecule has 0 N–H and O–H groups in total. The van der Waals surface area contributed by atoms with Crippen LogP contribution in [0.4, 0.5) is 0 Å². The summed E-state index contributed by atoms with van der Waals surface area (Å²) >= 11 is 0. The minimum atomic E-state index is 0.760. The molecule has 0 saturated carbocycles. The molecule has 14 heavy (non-hydrogen) atoms. The average Bonchev–Trinajstić information content (AvgIpc) is 2.02. The molecule has 0 aliphatic rings. The Hall–Kier alpha value is -0.0800. The van der Waals surface area contributed by atoms with Crippen LogP contribution in [0.3, 0.4) is 0 Å². The van der Waals surface area contributed by atoms with E-state index in [0.717, 1.165) is 24.9 Å². The summed E-state index contributed by atoms with van der Waals surface area (Å²) in [5.74, 6) is 1.52. The van der Waals surface area contributed by atoms with E-state index in [0.29, 0.717) is 0 Å². The van der Waals surface area contributed by atoms with Crippen molar-refractivity contribution < 1.29 is 4.74 Å². The third-order valence-corrected chi connectivity index (χ3v) is 2.07. The van der Waals surface area contributed by atoms with Crippen LogP contribution >= 0.6 is 0 Å². The monoisotopic (exact) mass is 201 g/mol. The van der Waals surface area contributed by atoms with Crippen LogP contribution in [-0.2, 0) is 4.74 Å². The van der Waals surface area contributed by atoms with Crippen LogP contribution in [0, 0.1) is 11.8 Å². The lowest BCUT2D eigenvalue weighted by molar-refractivity contribution is 0.159. The standard InChI is InChI=1S/C12H27NO/c1-11(2)9-13(10-12(3)4)7-6-8-14-5/h11-12H,6-10H2,1-5H3. The summed E-state index contributed by atoms with van der Waals surface area (Å²) in [4.78, 5) is 2.55. The molecule has 2 heteroatoms. The predicted octanol–water partition coefficient (Wildman–Crippen LogP) is 2.64. The normalized spacial score (nSPS) is 12.0. The lowest BCUT2D eigenvalue weighted by atomic mass is 10.1. The molecule has 2 nitrogen and oxygen atoms in total. The molecule has 0 atom stereocenters.